The molecule has 244 valence electrons. The van der Waals surface area contributed by atoms with Gasteiger partial charge < -0.3 is 54.4 Å². The van der Waals surface area contributed by atoms with E-state index in [1.165, 1.54) is 6.92 Å². The first-order valence-electron chi connectivity index (χ1n) is 13.7. The molecule has 0 rings (SSSR count). The summed E-state index contributed by atoms with van der Waals surface area (Å²) in [6.07, 6.45) is -0.788. The monoisotopic (exact) mass is 615 g/mol. The number of carboxylic acid groups (broad SMARTS) is 2. The van der Waals surface area contributed by atoms with Crippen molar-refractivity contribution < 1.29 is 43.8 Å². The summed E-state index contributed by atoms with van der Waals surface area (Å²) in [4.78, 5) is 88.9. The van der Waals surface area contributed by atoms with E-state index < -0.39 is 78.1 Å². The smallest absolute Gasteiger partial charge is 0.326 e. The van der Waals surface area contributed by atoms with Gasteiger partial charge in [0.15, 0.2) is 5.96 Å². The van der Waals surface area contributed by atoms with Crippen LogP contribution in [0.1, 0.15) is 65.7 Å². The van der Waals surface area contributed by atoms with Crippen LogP contribution in [0.4, 0.5) is 0 Å². The highest BCUT2D eigenvalue weighted by atomic mass is 16.4. The third-order valence-corrected chi connectivity index (χ3v) is 5.97. The van der Waals surface area contributed by atoms with Crippen LogP contribution in [0.15, 0.2) is 4.99 Å². The Morgan fingerprint density at radius 1 is 0.698 bits per heavy atom. The quantitative estimate of drug-likeness (QED) is 0.0343. The largest absolute Gasteiger partial charge is 0.481 e. The second-order valence-corrected chi connectivity index (χ2v) is 10.4. The molecule has 43 heavy (non-hydrogen) atoms. The third kappa shape index (κ3) is 17.2. The summed E-state index contributed by atoms with van der Waals surface area (Å²) in [6.45, 7) is 5.07. The second-order valence-electron chi connectivity index (χ2n) is 10.4. The van der Waals surface area contributed by atoms with E-state index in [0.717, 1.165) is 0 Å². The van der Waals surface area contributed by atoms with E-state index in [9.17, 15) is 38.7 Å². The van der Waals surface area contributed by atoms with E-state index in [0.29, 0.717) is 6.42 Å². The van der Waals surface area contributed by atoms with Crippen LogP contribution in [0.3, 0.4) is 0 Å². The van der Waals surface area contributed by atoms with Crippen molar-refractivity contribution in [3.05, 3.63) is 0 Å². The number of nitrogens with zero attached hydrogens (tertiary/aromatic N) is 1. The number of rotatable bonds is 21. The molecular formula is C25H45N9O9. The lowest BCUT2D eigenvalue weighted by molar-refractivity contribution is -0.142. The number of primary amides is 1. The Bertz CT molecular complexity index is 1030. The van der Waals surface area contributed by atoms with Crippen molar-refractivity contribution in [2.24, 2.45) is 33.8 Å². The zero-order valence-electron chi connectivity index (χ0n) is 24.6. The zero-order chi connectivity index (χ0) is 33.3. The summed E-state index contributed by atoms with van der Waals surface area (Å²) >= 11 is 0. The van der Waals surface area contributed by atoms with E-state index in [1.54, 1.807) is 13.8 Å². The number of nitrogens with one attached hydrogen (secondary N) is 4. The van der Waals surface area contributed by atoms with E-state index in [1.807, 2.05) is 0 Å². The molecule has 0 aliphatic carbocycles. The molecule has 0 aliphatic heterocycles. The second kappa shape index (κ2) is 19.6. The Balaban J connectivity index is 5.54. The molecule has 5 amide bonds. The highest BCUT2D eigenvalue weighted by molar-refractivity contribution is 5.95. The number of nitrogens with two attached hydrogens (primary N) is 4. The van der Waals surface area contributed by atoms with Crippen LogP contribution in [0.2, 0.25) is 0 Å². The van der Waals surface area contributed by atoms with Gasteiger partial charge in [-0.2, -0.15) is 0 Å². The first-order valence-corrected chi connectivity index (χ1v) is 13.7. The van der Waals surface area contributed by atoms with Crippen molar-refractivity contribution in [2.45, 2.75) is 95.9 Å². The predicted molar refractivity (Wildman–Crippen MR) is 154 cm³/mol. The molecule has 18 nitrogen and oxygen atoms in total. The van der Waals surface area contributed by atoms with E-state index >= 15 is 0 Å². The predicted octanol–water partition coefficient (Wildman–Crippen LogP) is -3.41. The molecule has 0 spiro atoms. The molecule has 0 aromatic heterocycles. The van der Waals surface area contributed by atoms with Crippen LogP contribution < -0.4 is 44.2 Å². The molecule has 0 aromatic carbocycles. The molecule has 14 N–H and O–H groups in total. The maximum Gasteiger partial charge on any atom is 0.326 e. The summed E-state index contributed by atoms with van der Waals surface area (Å²) in [6, 6.07) is -6.31. The van der Waals surface area contributed by atoms with E-state index in [4.69, 9.17) is 28.0 Å². The Hall–Kier alpha value is -4.48. The van der Waals surface area contributed by atoms with Gasteiger partial charge in [-0.25, -0.2) is 4.79 Å². The van der Waals surface area contributed by atoms with Gasteiger partial charge >= 0.3 is 11.9 Å². The van der Waals surface area contributed by atoms with Crippen LogP contribution in [-0.4, -0.2) is 94.4 Å². The minimum absolute atomic E-state index is 0.0624. The Morgan fingerprint density at radius 3 is 1.74 bits per heavy atom. The Kier molecular flexibility index (Phi) is 17.6. The lowest BCUT2D eigenvalue weighted by Gasteiger charge is -2.26. The normalized spacial score (nSPS) is 14.3. The molecule has 0 fully saturated rings. The molecule has 0 saturated carbocycles. The zero-order valence-corrected chi connectivity index (χ0v) is 24.6. The lowest BCUT2D eigenvalue weighted by Crippen LogP contribution is -2.58. The first-order chi connectivity index (χ1) is 19.9. The molecule has 0 heterocycles. The summed E-state index contributed by atoms with van der Waals surface area (Å²) in [5, 5.41) is 28.0. The summed E-state index contributed by atoms with van der Waals surface area (Å²) in [5.41, 5.74) is 21.4. The molecule has 0 saturated heterocycles. The molecule has 0 unspecified atom stereocenters. The van der Waals surface area contributed by atoms with Gasteiger partial charge in [-0.3, -0.25) is 33.8 Å². The van der Waals surface area contributed by atoms with Crippen molar-refractivity contribution >= 4 is 47.4 Å². The van der Waals surface area contributed by atoms with Gasteiger partial charge in [0, 0.05) is 19.4 Å². The number of carbonyl (C=O) groups excluding carboxylic acids is 5. The van der Waals surface area contributed by atoms with Gasteiger partial charge in [0.2, 0.25) is 29.5 Å². The maximum atomic E-state index is 13.2. The Labute approximate surface area is 249 Å². The van der Waals surface area contributed by atoms with Gasteiger partial charge in [0.25, 0.3) is 0 Å². The highest BCUT2D eigenvalue weighted by Gasteiger charge is 2.31. The highest BCUT2D eigenvalue weighted by Crippen LogP contribution is 2.09. The SMILES string of the molecule is CC(C)C[C@H](NC(=O)[C@H](CCC(=O)O)NC(=O)[C@H](C)NC(=O)[C@@H](N)CCCN=C(N)N)C(=O)N[C@@H](CCC(N)=O)C(=O)O. The number of hydrogen-bond acceptors (Lipinski definition) is 9. The molecule has 0 bridgehead atoms. The topological polar surface area (TPSA) is 325 Å². The number of guanidine groups is 1. The fraction of sp³-hybridized carbons (Fsp3) is 0.680. The number of hydrogen-bond donors (Lipinski definition) is 10. The van der Waals surface area contributed by atoms with E-state index in [2.05, 4.69) is 26.3 Å². The fourth-order valence-corrected chi connectivity index (χ4v) is 3.66. The van der Waals surface area contributed by atoms with Crippen molar-refractivity contribution in [1.82, 2.24) is 21.3 Å². The van der Waals surface area contributed by atoms with Crippen LogP contribution in [0.5, 0.6) is 0 Å². The molecular weight excluding hydrogens is 570 g/mol. The van der Waals surface area contributed by atoms with Crippen LogP contribution in [0.25, 0.3) is 0 Å². The van der Waals surface area contributed by atoms with Crippen molar-refractivity contribution in [1.29, 1.82) is 0 Å². The number of aliphatic carboxylic acids is 2. The number of aliphatic imine (C=N–C) groups is 1. The lowest BCUT2D eigenvalue weighted by atomic mass is 10.0. The molecule has 0 aliphatic rings. The van der Waals surface area contributed by atoms with E-state index in [-0.39, 0.29) is 50.5 Å². The number of carbonyl (C=O) groups is 7. The van der Waals surface area contributed by atoms with Crippen molar-refractivity contribution in [3.8, 4) is 0 Å². The minimum atomic E-state index is -1.46. The first kappa shape index (κ1) is 38.5. The van der Waals surface area contributed by atoms with Crippen LogP contribution in [0, 0.1) is 5.92 Å². The number of carboxylic acids is 2. The standard InChI is InChI=1S/C25H45N9O9/c1-12(2)11-17(23(41)33-16(24(42)43)6-8-18(27)35)34-22(40)15(7-9-19(36)37)32-20(38)13(3)31-21(39)14(26)5-4-10-30-25(28)29/h12-17H,4-11,26H2,1-3H3,(H2,27,35)(H,31,39)(H,32,38)(H,33,41)(H,34,40)(H,36,37)(H,42,43)(H4,28,29,30)/t13-,14-,15-,16-,17-/m0/s1. The summed E-state index contributed by atoms with van der Waals surface area (Å²) < 4.78 is 0. The van der Waals surface area contributed by atoms with Crippen molar-refractivity contribution in [2.75, 3.05) is 6.54 Å². The maximum absolute atomic E-state index is 13.2. The molecule has 18 heteroatoms. The van der Waals surface area contributed by atoms with Gasteiger partial charge in [-0.1, -0.05) is 13.8 Å². The van der Waals surface area contributed by atoms with Gasteiger partial charge in [-0.15, -0.1) is 0 Å². The summed E-state index contributed by atoms with van der Waals surface area (Å²) in [5.74, 6) is -6.95. The van der Waals surface area contributed by atoms with Crippen LogP contribution in [-0.2, 0) is 33.6 Å². The van der Waals surface area contributed by atoms with Gasteiger partial charge in [0.1, 0.15) is 24.2 Å². The van der Waals surface area contributed by atoms with Gasteiger partial charge in [-0.05, 0) is 44.9 Å². The average Bonchev–Trinajstić information content (AvgIpc) is 2.89. The summed E-state index contributed by atoms with van der Waals surface area (Å²) in [7, 11) is 0. The molecule has 5 atom stereocenters. The number of amides is 5. The Morgan fingerprint density at radius 2 is 1.23 bits per heavy atom. The molecule has 0 aromatic rings. The average molecular weight is 616 g/mol. The molecule has 0 radical (unpaired) electrons. The minimum Gasteiger partial charge on any atom is -0.481 e. The van der Waals surface area contributed by atoms with Crippen molar-refractivity contribution in [3.63, 3.8) is 0 Å². The van der Waals surface area contributed by atoms with Crippen LogP contribution >= 0.6 is 0 Å². The fourth-order valence-electron chi connectivity index (χ4n) is 3.66. The van der Waals surface area contributed by atoms with Gasteiger partial charge in [0.05, 0.1) is 6.04 Å². The third-order valence-electron chi connectivity index (χ3n) is 5.97.